The summed E-state index contributed by atoms with van der Waals surface area (Å²) in [6, 6.07) is 3.81. The number of ketones is 1. The fourth-order valence-corrected chi connectivity index (χ4v) is 5.02. The van der Waals surface area contributed by atoms with E-state index in [9.17, 15) is 14.4 Å². The number of ether oxygens (including phenoxy) is 2. The Kier molecular flexibility index (Phi) is 6.13. The number of thiophene rings is 1. The maximum absolute atomic E-state index is 13.4. The van der Waals surface area contributed by atoms with Crippen LogP contribution in [0.25, 0.3) is 0 Å². The normalized spacial score (nSPS) is 27.1. The van der Waals surface area contributed by atoms with Crippen molar-refractivity contribution in [2.45, 2.75) is 39.5 Å². The van der Waals surface area contributed by atoms with Crippen molar-refractivity contribution in [2.75, 3.05) is 13.7 Å². The molecule has 0 bridgehead atoms. The molecule has 2 aliphatic rings. The van der Waals surface area contributed by atoms with Crippen molar-refractivity contribution in [3.63, 3.8) is 0 Å². The third kappa shape index (κ3) is 3.55. The summed E-state index contributed by atoms with van der Waals surface area (Å²) < 4.78 is 10.3. The Morgan fingerprint density at radius 2 is 2.07 bits per heavy atom. The predicted octanol–water partition coefficient (Wildman–Crippen LogP) is 3.53. The number of hydrogen-bond acceptors (Lipinski definition) is 7. The number of carbonyl (C=O) groups excluding carboxylic acids is 3. The molecule has 0 radical (unpaired) electrons. The second-order valence-electron chi connectivity index (χ2n) is 7.29. The van der Waals surface area contributed by atoms with Gasteiger partial charge >= 0.3 is 11.9 Å². The summed E-state index contributed by atoms with van der Waals surface area (Å²) >= 11 is 1.49. The molecular weight excluding hydrogens is 378 g/mol. The molecule has 28 heavy (non-hydrogen) atoms. The molecule has 150 valence electrons. The number of esters is 2. The first-order valence-corrected chi connectivity index (χ1v) is 10.4. The average Bonchev–Trinajstić information content (AvgIpc) is 3.19. The van der Waals surface area contributed by atoms with E-state index in [4.69, 9.17) is 9.47 Å². The van der Waals surface area contributed by atoms with Crippen LogP contribution in [0.4, 0.5) is 0 Å². The summed E-state index contributed by atoms with van der Waals surface area (Å²) in [6.07, 6.45) is 1.23. The summed E-state index contributed by atoms with van der Waals surface area (Å²) in [4.78, 5) is 44.1. The van der Waals surface area contributed by atoms with Crippen molar-refractivity contribution in [3.8, 4) is 0 Å². The summed E-state index contributed by atoms with van der Waals surface area (Å²) in [6.45, 7) is 5.88. The number of allylic oxidation sites excluding steroid dienone is 1. The number of fused-ring (bicyclic) bond motifs is 1. The van der Waals surface area contributed by atoms with Crippen LogP contribution in [-0.2, 0) is 23.9 Å². The van der Waals surface area contributed by atoms with Gasteiger partial charge in [0.15, 0.2) is 5.78 Å². The SMILES string of the molecule is CCCOC(=O)C1=C(C)N=C2C[C@@H](C)[C@@H](C(=O)OC)C(=O)[C@H]2[C@@H]1c1cccs1. The van der Waals surface area contributed by atoms with Crippen molar-refractivity contribution in [1.29, 1.82) is 0 Å². The minimum absolute atomic E-state index is 0.194. The average molecular weight is 404 g/mol. The molecule has 0 aromatic carbocycles. The number of methoxy groups -OCH3 is 1. The van der Waals surface area contributed by atoms with E-state index in [1.807, 2.05) is 31.4 Å². The zero-order chi connectivity index (χ0) is 20.4. The first-order chi connectivity index (χ1) is 13.4. The van der Waals surface area contributed by atoms with Gasteiger partial charge in [-0.2, -0.15) is 0 Å². The smallest absolute Gasteiger partial charge is 0.336 e. The Labute approximate surface area is 168 Å². The number of hydrogen-bond donors (Lipinski definition) is 0. The van der Waals surface area contributed by atoms with Crippen LogP contribution >= 0.6 is 11.3 Å². The van der Waals surface area contributed by atoms with Crippen LogP contribution in [0, 0.1) is 17.8 Å². The molecule has 0 saturated heterocycles. The second kappa shape index (κ2) is 8.39. The third-order valence-corrected chi connectivity index (χ3v) is 6.34. The standard InChI is InChI=1S/C21H25NO5S/c1-5-8-27-21(25)16-12(3)22-13-10-11(2)15(20(24)26-4)19(23)17(13)18(16)14-7-6-9-28-14/h6-7,9,11,15,17-18H,5,8,10H2,1-4H3/t11-,15-,17-,18-/m1/s1. The largest absolute Gasteiger partial charge is 0.468 e. The van der Waals surface area contributed by atoms with Crippen molar-refractivity contribution in [1.82, 2.24) is 0 Å². The highest BCUT2D eigenvalue weighted by atomic mass is 32.1. The van der Waals surface area contributed by atoms with E-state index in [1.165, 1.54) is 18.4 Å². The molecule has 3 rings (SSSR count). The molecule has 0 N–H and O–H groups in total. The number of Topliss-reactive ketones (excluding diaryl/α,β-unsaturated/α-hetero) is 1. The molecule has 0 amide bonds. The third-order valence-electron chi connectivity index (χ3n) is 5.38. The molecule has 1 fully saturated rings. The number of rotatable bonds is 5. The van der Waals surface area contributed by atoms with E-state index in [0.29, 0.717) is 30.7 Å². The molecule has 0 spiro atoms. The van der Waals surface area contributed by atoms with Gasteiger partial charge in [-0.15, -0.1) is 11.3 Å². The van der Waals surface area contributed by atoms with Crippen LogP contribution in [0.1, 0.15) is 44.4 Å². The Hall–Kier alpha value is -2.28. The lowest BCUT2D eigenvalue weighted by atomic mass is 9.65. The lowest BCUT2D eigenvalue weighted by Gasteiger charge is -2.39. The van der Waals surface area contributed by atoms with Crippen molar-refractivity contribution < 1.29 is 23.9 Å². The van der Waals surface area contributed by atoms with Gasteiger partial charge in [-0.25, -0.2) is 4.79 Å². The second-order valence-corrected chi connectivity index (χ2v) is 8.27. The van der Waals surface area contributed by atoms with Gasteiger partial charge in [-0.05, 0) is 37.1 Å². The molecule has 1 aromatic heterocycles. The molecule has 7 heteroatoms. The predicted molar refractivity (Wildman–Crippen MR) is 106 cm³/mol. The summed E-state index contributed by atoms with van der Waals surface area (Å²) in [5.41, 5.74) is 1.74. The molecule has 1 saturated carbocycles. The van der Waals surface area contributed by atoms with Crippen LogP contribution in [0.2, 0.25) is 0 Å². The van der Waals surface area contributed by atoms with Crippen LogP contribution < -0.4 is 0 Å². The molecule has 1 aliphatic carbocycles. The van der Waals surface area contributed by atoms with Crippen LogP contribution in [0.5, 0.6) is 0 Å². The van der Waals surface area contributed by atoms with Gasteiger partial charge in [0.25, 0.3) is 0 Å². The van der Waals surface area contributed by atoms with Crippen molar-refractivity contribution >= 4 is 34.8 Å². The minimum atomic E-state index is -0.845. The molecule has 1 aromatic rings. The Morgan fingerprint density at radius 3 is 2.68 bits per heavy atom. The molecule has 0 unspecified atom stereocenters. The Bertz CT molecular complexity index is 839. The fourth-order valence-electron chi connectivity index (χ4n) is 4.15. The van der Waals surface area contributed by atoms with Gasteiger partial charge in [0, 0.05) is 22.2 Å². The van der Waals surface area contributed by atoms with Crippen molar-refractivity contribution in [2.24, 2.45) is 22.7 Å². The molecule has 2 heterocycles. The first kappa shape index (κ1) is 20.5. The zero-order valence-corrected chi connectivity index (χ0v) is 17.4. The van der Waals surface area contributed by atoms with E-state index in [0.717, 1.165) is 10.6 Å². The van der Waals surface area contributed by atoms with E-state index in [1.54, 1.807) is 6.92 Å². The highest BCUT2D eigenvalue weighted by Crippen LogP contribution is 2.46. The number of aliphatic imine (C=N–C) groups is 1. The zero-order valence-electron chi connectivity index (χ0n) is 16.6. The van der Waals surface area contributed by atoms with Gasteiger partial charge in [0.2, 0.25) is 0 Å². The fraction of sp³-hybridized carbons (Fsp3) is 0.524. The Morgan fingerprint density at radius 1 is 1.32 bits per heavy atom. The number of carbonyl (C=O) groups is 3. The van der Waals surface area contributed by atoms with E-state index in [-0.39, 0.29) is 11.7 Å². The van der Waals surface area contributed by atoms with Crippen LogP contribution in [0.15, 0.2) is 33.8 Å². The lowest BCUT2D eigenvalue weighted by molar-refractivity contribution is -0.152. The molecule has 4 atom stereocenters. The van der Waals surface area contributed by atoms with Gasteiger partial charge in [-0.1, -0.05) is 19.9 Å². The summed E-state index contributed by atoms with van der Waals surface area (Å²) in [5, 5.41) is 1.92. The van der Waals surface area contributed by atoms with Gasteiger partial charge in [-0.3, -0.25) is 14.6 Å². The Balaban J connectivity index is 2.10. The van der Waals surface area contributed by atoms with Gasteiger partial charge < -0.3 is 9.47 Å². The van der Waals surface area contributed by atoms with Crippen LogP contribution in [0.3, 0.4) is 0 Å². The highest BCUT2D eigenvalue weighted by molar-refractivity contribution is 7.10. The van der Waals surface area contributed by atoms with E-state index >= 15 is 0 Å². The van der Waals surface area contributed by atoms with Crippen molar-refractivity contribution in [3.05, 3.63) is 33.7 Å². The highest BCUT2D eigenvalue weighted by Gasteiger charge is 2.51. The molecule has 6 nitrogen and oxygen atoms in total. The monoisotopic (exact) mass is 403 g/mol. The lowest BCUT2D eigenvalue weighted by Crippen LogP contribution is -2.48. The maximum Gasteiger partial charge on any atom is 0.336 e. The minimum Gasteiger partial charge on any atom is -0.468 e. The van der Waals surface area contributed by atoms with E-state index in [2.05, 4.69) is 4.99 Å². The maximum atomic E-state index is 13.4. The molecular formula is C21H25NO5S. The number of nitrogens with zero attached hydrogens (tertiary/aromatic N) is 1. The first-order valence-electron chi connectivity index (χ1n) is 9.50. The molecule has 1 aliphatic heterocycles. The van der Waals surface area contributed by atoms with E-state index < -0.39 is 29.7 Å². The topological polar surface area (TPSA) is 82.0 Å². The van der Waals surface area contributed by atoms with Crippen LogP contribution in [-0.4, -0.2) is 37.2 Å². The van der Waals surface area contributed by atoms with Gasteiger partial charge in [0.1, 0.15) is 5.92 Å². The summed E-state index contributed by atoms with van der Waals surface area (Å²) in [5.74, 6) is -3.36. The van der Waals surface area contributed by atoms with Gasteiger partial charge in [0.05, 0.1) is 25.2 Å². The summed E-state index contributed by atoms with van der Waals surface area (Å²) in [7, 11) is 1.29. The quantitative estimate of drug-likeness (QED) is 0.555.